The Labute approximate surface area is 217 Å². The van der Waals surface area contributed by atoms with Gasteiger partial charge in [0.15, 0.2) is 5.78 Å². The molecular formula is C31H31NO5. The van der Waals surface area contributed by atoms with Gasteiger partial charge in [-0.25, -0.2) is 9.59 Å². The van der Waals surface area contributed by atoms with Crippen molar-refractivity contribution in [1.82, 2.24) is 5.32 Å². The number of esters is 1. The van der Waals surface area contributed by atoms with E-state index >= 15 is 0 Å². The number of amides is 1. The largest absolute Gasteiger partial charge is 0.445 e. The van der Waals surface area contributed by atoms with Crippen molar-refractivity contribution in [3.63, 3.8) is 0 Å². The number of carbonyl (C=O) groups excluding carboxylic acids is 3. The van der Waals surface area contributed by atoms with Crippen molar-refractivity contribution < 1.29 is 23.9 Å². The summed E-state index contributed by atoms with van der Waals surface area (Å²) in [6, 6.07) is 22.1. The molecule has 0 saturated heterocycles. The number of benzene rings is 3. The molecule has 6 heteroatoms. The van der Waals surface area contributed by atoms with E-state index in [0.29, 0.717) is 12.0 Å². The first-order chi connectivity index (χ1) is 17.9. The highest BCUT2D eigenvalue weighted by Gasteiger charge is 2.29. The van der Waals surface area contributed by atoms with Gasteiger partial charge in [-0.1, -0.05) is 93.1 Å². The van der Waals surface area contributed by atoms with E-state index in [4.69, 9.17) is 9.47 Å². The van der Waals surface area contributed by atoms with Gasteiger partial charge in [0, 0.05) is 11.6 Å². The Bertz CT molecular complexity index is 1330. The van der Waals surface area contributed by atoms with Gasteiger partial charge in [0.2, 0.25) is 0 Å². The van der Waals surface area contributed by atoms with Crippen LogP contribution in [0.25, 0.3) is 11.1 Å². The summed E-state index contributed by atoms with van der Waals surface area (Å²) in [6.07, 6.45) is 2.00. The Kier molecular flexibility index (Phi) is 8.18. The Hall–Kier alpha value is -4.19. The maximum absolute atomic E-state index is 12.9. The van der Waals surface area contributed by atoms with Crippen molar-refractivity contribution >= 4 is 17.8 Å². The highest BCUT2D eigenvalue weighted by molar-refractivity contribution is 6.04. The molecule has 0 aromatic heterocycles. The molecule has 3 aromatic rings. The molecule has 0 radical (unpaired) electrons. The Morgan fingerprint density at radius 2 is 1.65 bits per heavy atom. The number of alkyl carbamates (subject to hydrolysis) is 1. The Balaban J connectivity index is 1.38. The van der Waals surface area contributed by atoms with Crippen LogP contribution in [0.4, 0.5) is 4.79 Å². The minimum absolute atomic E-state index is 0.0930. The van der Waals surface area contributed by atoms with Gasteiger partial charge >= 0.3 is 12.1 Å². The van der Waals surface area contributed by atoms with Crippen LogP contribution in [0.3, 0.4) is 0 Å². The number of ketones is 1. The predicted octanol–water partition coefficient (Wildman–Crippen LogP) is 6.23. The van der Waals surface area contributed by atoms with Crippen molar-refractivity contribution in [3.05, 3.63) is 107 Å². The lowest BCUT2D eigenvalue weighted by atomic mass is 9.99. The van der Waals surface area contributed by atoms with Gasteiger partial charge < -0.3 is 14.8 Å². The molecule has 37 heavy (non-hydrogen) atoms. The fourth-order valence-corrected chi connectivity index (χ4v) is 4.46. The molecule has 1 aliphatic rings. The lowest BCUT2D eigenvalue weighted by Crippen LogP contribution is -2.46. The zero-order valence-corrected chi connectivity index (χ0v) is 21.3. The number of ether oxygens (including phenoxy) is 2. The summed E-state index contributed by atoms with van der Waals surface area (Å²) in [5.74, 6) is -0.956. The van der Waals surface area contributed by atoms with Gasteiger partial charge in [-0.15, -0.1) is 0 Å². The summed E-state index contributed by atoms with van der Waals surface area (Å²) in [5.41, 5.74) is 6.20. The highest BCUT2D eigenvalue weighted by atomic mass is 16.6. The molecule has 0 fully saturated rings. The molecule has 0 saturated carbocycles. The van der Waals surface area contributed by atoms with Crippen LogP contribution >= 0.6 is 0 Å². The Morgan fingerprint density at radius 3 is 2.41 bits per heavy atom. The van der Waals surface area contributed by atoms with Crippen molar-refractivity contribution in [2.75, 3.05) is 0 Å². The molecule has 0 unspecified atom stereocenters. The number of hydrogen-bond donors (Lipinski definition) is 1. The molecule has 4 rings (SSSR count). The first-order valence-corrected chi connectivity index (χ1v) is 12.5. The van der Waals surface area contributed by atoms with Crippen molar-refractivity contribution in [3.8, 4) is 11.1 Å². The van der Waals surface area contributed by atoms with Crippen LogP contribution in [0.5, 0.6) is 0 Å². The molecule has 0 bridgehead atoms. The van der Waals surface area contributed by atoms with Gasteiger partial charge in [0.05, 0.1) is 0 Å². The highest BCUT2D eigenvalue weighted by Crippen LogP contribution is 2.38. The van der Waals surface area contributed by atoms with Crippen molar-refractivity contribution in [2.45, 2.75) is 46.3 Å². The number of fused-ring (bicyclic) bond motifs is 3. The van der Waals surface area contributed by atoms with E-state index in [9.17, 15) is 14.4 Å². The number of hydrogen-bond acceptors (Lipinski definition) is 5. The fraction of sp³-hybridized carbons (Fsp3) is 0.258. The molecule has 1 aliphatic carbocycles. The van der Waals surface area contributed by atoms with E-state index in [1.54, 1.807) is 31.2 Å². The average molecular weight is 498 g/mol. The fourth-order valence-electron chi connectivity index (χ4n) is 4.46. The van der Waals surface area contributed by atoms with Gasteiger partial charge in [0.25, 0.3) is 0 Å². The molecule has 1 amide bonds. The molecule has 0 heterocycles. The predicted molar refractivity (Wildman–Crippen MR) is 142 cm³/mol. The molecule has 2 atom stereocenters. The van der Waals surface area contributed by atoms with Gasteiger partial charge in [-0.3, -0.25) is 4.79 Å². The summed E-state index contributed by atoms with van der Waals surface area (Å²) in [6.45, 7) is 5.40. The van der Waals surface area contributed by atoms with Crippen molar-refractivity contribution in [2.24, 2.45) is 5.92 Å². The quantitative estimate of drug-likeness (QED) is 0.128. The lowest BCUT2D eigenvalue weighted by molar-refractivity contribution is -0.143. The molecule has 0 spiro atoms. The summed E-state index contributed by atoms with van der Waals surface area (Å²) in [5, 5.41) is 2.67. The van der Waals surface area contributed by atoms with Crippen LogP contribution < -0.4 is 5.32 Å². The Morgan fingerprint density at radius 1 is 0.946 bits per heavy atom. The van der Waals surface area contributed by atoms with Gasteiger partial charge in [-0.05, 0) is 47.1 Å². The van der Waals surface area contributed by atoms with E-state index in [-0.39, 0.29) is 24.1 Å². The summed E-state index contributed by atoms with van der Waals surface area (Å²) in [4.78, 5) is 38.0. The lowest BCUT2D eigenvalue weighted by Gasteiger charge is -2.22. The molecule has 6 nitrogen and oxygen atoms in total. The summed E-state index contributed by atoms with van der Waals surface area (Å²) < 4.78 is 10.9. The third-order valence-corrected chi connectivity index (χ3v) is 6.70. The first-order valence-electron chi connectivity index (χ1n) is 12.5. The van der Waals surface area contributed by atoms with E-state index in [2.05, 4.69) is 23.5 Å². The summed E-state index contributed by atoms with van der Waals surface area (Å²) in [7, 11) is 0. The minimum atomic E-state index is -0.918. The smallest absolute Gasteiger partial charge is 0.408 e. The zero-order valence-electron chi connectivity index (χ0n) is 21.3. The number of nitrogens with one attached hydrogen (secondary N) is 1. The maximum Gasteiger partial charge on any atom is 0.408 e. The second kappa shape index (κ2) is 11.7. The molecule has 3 aromatic carbocycles. The molecular weight excluding hydrogens is 466 g/mol. The van der Waals surface area contributed by atoms with E-state index in [1.165, 1.54) is 17.2 Å². The maximum atomic E-state index is 12.9. The van der Waals surface area contributed by atoms with Crippen LogP contribution in [-0.4, -0.2) is 23.9 Å². The first kappa shape index (κ1) is 25.9. The van der Waals surface area contributed by atoms with Crippen LogP contribution in [-0.2, 0) is 27.3 Å². The monoisotopic (exact) mass is 497 g/mol. The third kappa shape index (κ3) is 6.15. The molecule has 1 N–H and O–H groups in total. The summed E-state index contributed by atoms with van der Waals surface area (Å²) >= 11 is 0. The normalized spacial score (nSPS) is 13.6. The van der Waals surface area contributed by atoms with Crippen LogP contribution in [0.15, 0.2) is 84.6 Å². The minimum Gasteiger partial charge on any atom is -0.445 e. The molecule has 190 valence electrons. The van der Waals surface area contributed by atoms with E-state index < -0.39 is 18.1 Å². The van der Waals surface area contributed by atoms with Gasteiger partial charge in [0.1, 0.15) is 18.4 Å². The third-order valence-electron chi connectivity index (χ3n) is 6.70. The number of rotatable bonds is 9. The number of allylic oxidation sites excluding steroid dienone is 2. The SMILES string of the molecule is CC[C@H](C)[C@H](NC(=O)OCc1cccc2c1Cc1ccccc1-2)C(=O)OC(C)=CC(=O)c1ccccc1. The average Bonchev–Trinajstić information content (AvgIpc) is 3.29. The number of carbonyl (C=O) groups is 3. The topological polar surface area (TPSA) is 81.7 Å². The standard InChI is InChI=1S/C31H31NO5/c1-4-20(2)29(30(34)37-21(3)17-28(33)22-11-6-5-7-12-22)32-31(35)36-19-24-14-10-16-26-25-15-9-8-13-23(25)18-27(24)26/h5-17,20,29H,4,18-19H2,1-3H3,(H,32,35)/t20-,29-/m0/s1. The van der Waals surface area contributed by atoms with E-state index in [0.717, 1.165) is 23.1 Å². The van der Waals surface area contributed by atoms with Crippen LogP contribution in [0.1, 0.15) is 54.2 Å². The van der Waals surface area contributed by atoms with Gasteiger partial charge in [-0.2, -0.15) is 0 Å². The molecule has 0 aliphatic heterocycles. The van der Waals surface area contributed by atoms with Crippen molar-refractivity contribution in [1.29, 1.82) is 0 Å². The zero-order chi connectivity index (χ0) is 26.4. The van der Waals surface area contributed by atoms with Crippen LogP contribution in [0.2, 0.25) is 0 Å². The second-order valence-electron chi connectivity index (χ2n) is 9.27. The second-order valence-corrected chi connectivity index (χ2v) is 9.27. The van der Waals surface area contributed by atoms with Crippen LogP contribution in [0, 0.1) is 5.92 Å². The van der Waals surface area contributed by atoms with E-state index in [1.807, 2.05) is 44.2 Å².